The average Bonchev–Trinajstić information content (AvgIpc) is 2.60. The number of aryl methyl sites for hydroxylation is 1. The van der Waals surface area contributed by atoms with E-state index in [0.29, 0.717) is 18.9 Å². The summed E-state index contributed by atoms with van der Waals surface area (Å²) in [6.45, 7) is 2.90. The molecule has 0 saturated carbocycles. The van der Waals surface area contributed by atoms with Crippen LogP contribution in [-0.4, -0.2) is 26.1 Å². The highest BCUT2D eigenvalue weighted by Gasteiger charge is 2.20. The number of fused-ring (bicyclic) bond motifs is 1. The molecule has 0 bridgehead atoms. The Bertz CT molecular complexity index is 387. The summed E-state index contributed by atoms with van der Waals surface area (Å²) in [5, 5.41) is 16.8. The summed E-state index contributed by atoms with van der Waals surface area (Å²) in [7, 11) is 0. The first-order valence-corrected chi connectivity index (χ1v) is 5.80. The Morgan fingerprint density at radius 3 is 3.19 bits per heavy atom. The molecule has 1 N–H and O–H groups in total. The molecule has 1 aromatic heterocycles. The van der Waals surface area contributed by atoms with E-state index in [1.807, 2.05) is 4.68 Å². The molecular weight excluding hydrogens is 206 g/mol. The Labute approximate surface area is 94.5 Å². The van der Waals surface area contributed by atoms with Gasteiger partial charge in [0.2, 0.25) is 0 Å². The molecule has 1 aliphatic carbocycles. The fourth-order valence-corrected chi connectivity index (χ4v) is 2.18. The lowest BCUT2D eigenvalue weighted by Crippen LogP contribution is -2.15. The zero-order chi connectivity index (χ0) is 11.5. The van der Waals surface area contributed by atoms with Gasteiger partial charge in [0.05, 0.1) is 11.4 Å². The Morgan fingerprint density at radius 2 is 2.44 bits per heavy atom. The highest BCUT2D eigenvalue weighted by Crippen LogP contribution is 2.23. The molecule has 0 aliphatic heterocycles. The standard InChI is InChI=1S/C11H17N3O2/c1-8-4-5-10-9(7-8)12-13-14(10)6-2-3-11(15)16/h8H,2-7H2,1H3,(H,15,16). The second-order valence-corrected chi connectivity index (χ2v) is 4.55. The smallest absolute Gasteiger partial charge is 0.303 e. The SMILES string of the molecule is CC1CCc2c(nnn2CCCC(=O)O)C1. The van der Waals surface area contributed by atoms with Gasteiger partial charge in [0.1, 0.15) is 0 Å². The van der Waals surface area contributed by atoms with E-state index in [2.05, 4.69) is 17.2 Å². The minimum absolute atomic E-state index is 0.199. The Morgan fingerprint density at radius 1 is 1.62 bits per heavy atom. The number of carboxylic acid groups (broad SMARTS) is 1. The van der Waals surface area contributed by atoms with Crippen LogP contribution >= 0.6 is 0 Å². The molecule has 5 nitrogen and oxygen atoms in total. The average molecular weight is 223 g/mol. The number of carboxylic acids is 1. The van der Waals surface area contributed by atoms with Crippen molar-refractivity contribution in [1.29, 1.82) is 0 Å². The summed E-state index contributed by atoms with van der Waals surface area (Å²) in [6, 6.07) is 0. The van der Waals surface area contributed by atoms with Crippen molar-refractivity contribution in [3.8, 4) is 0 Å². The van der Waals surface area contributed by atoms with Gasteiger partial charge in [-0.1, -0.05) is 12.1 Å². The molecule has 0 saturated heterocycles. The zero-order valence-electron chi connectivity index (χ0n) is 9.52. The van der Waals surface area contributed by atoms with Crippen molar-refractivity contribution in [1.82, 2.24) is 15.0 Å². The molecule has 1 aromatic rings. The van der Waals surface area contributed by atoms with Crippen molar-refractivity contribution in [2.75, 3.05) is 0 Å². The largest absolute Gasteiger partial charge is 0.481 e. The van der Waals surface area contributed by atoms with Gasteiger partial charge in [-0.25, -0.2) is 4.68 Å². The maximum atomic E-state index is 10.4. The molecule has 0 aromatic carbocycles. The quantitative estimate of drug-likeness (QED) is 0.834. The summed E-state index contributed by atoms with van der Waals surface area (Å²) in [5.41, 5.74) is 2.32. The molecule has 88 valence electrons. The van der Waals surface area contributed by atoms with E-state index in [1.54, 1.807) is 0 Å². The van der Waals surface area contributed by atoms with Gasteiger partial charge in [-0.3, -0.25) is 4.79 Å². The molecule has 2 rings (SSSR count). The predicted octanol–water partition coefficient (Wildman–Crippen LogP) is 1.27. The van der Waals surface area contributed by atoms with Gasteiger partial charge >= 0.3 is 5.97 Å². The molecule has 1 unspecified atom stereocenters. The van der Waals surface area contributed by atoms with Crippen LogP contribution < -0.4 is 0 Å². The highest BCUT2D eigenvalue weighted by molar-refractivity contribution is 5.66. The number of hydrogen-bond acceptors (Lipinski definition) is 3. The molecular formula is C11H17N3O2. The molecule has 0 spiro atoms. The maximum Gasteiger partial charge on any atom is 0.303 e. The number of aromatic nitrogens is 3. The van der Waals surface area contributed by atoms with Crippen LogP contribution in [0.4, 0.5) is 0 Å². The first-order chi connectivity index (χ1) is 7.66. The van der Waals surface area contributed by atoms with Crippen molar-refractivity contribution in [3.05, 3.63) is 11.4 Å². The minimum atomic E-state index is -0.748. The summed E-state index contributed by atoms with van der Waals surface area (Å²) >= 11 is 0. The van der Waals surface area contributed by atoms with Crippen LogP contribution in [0.3, 0.4) is 0 Å². The first-order valence-electron chi connectivity index (χ1n) is 5.80. The number of carbonyl (C=O) groups is 1. The fraction of sp³-hybridized carbons (Fsp3) is 0.727. The molecule has 1 heterocycles. The van der Waals surface area contributed by atoms with Gasteiger partial charge in [-0.2, -0.15) is 0 Å². The topological polar surface area (TPSA) is 68.0 Å². The molecule has 0 amide bonds. The second kappa shape index (κ2) is 4.63. The third kappa shape index (κ3) is 2.40. The van der Waals surface area contributed by atoms with Gasteiger partial charge in [0.15, 0.2) is 0 Å². The minimum Gasteiger partial charge on any atom is -0.481 e. The van der Waals surface area contributed by atoms with E-state index in [-0.39, 0.29) is 6.42 Å². The van der Waals surface area contributed by atoms with Crippen LogP contribution in [0.5, 0.6) is 0 Å². The first kappa shape index (κ1) is 11.1. The molecule has 0 radical (unpaired) electrons. The fourth-order valence-electron chi connectivity index (χ4n) is 2.18. The zero-order valence-corrected chi connectivity index (χ0v) is 9.52. The number of hydrogen-bond donors (Lipinski definition) is 1. The van der Waals surface area contributed by atoms with Gasteiger partial charge in [-0.05, 0) is 31.6 Å². The van der Waals surface area contributed by atoms with Crippen molar-refractivity contribution in [2.45, 2.75) is 45.6 Å². The summed E-state index contributed by atoms with van der Waals surface area (Å²) < 4.78 is 1.88. The van der Waals surface area contributed by atoms with E-state index in [4.69, 9.17) is 5.11 Å². The van der Waals surface area contributed by atoms with Crippen LogP contribution in [-0.2, 0) is 24.2 Å². The van der Waals surface area contributed by atoms with Crippen molar-refractivity contribution in [3.63, 3.8) is 0 Å². The van der Waals surface area contributed by atoms with Crippen LogP contribution in [0.15, 0.2) is 0 Å². The highest BCUT2D eigenvalue weighted by atomic mass is 16.4. The third-order valence-electron chi connectivity index (χ3n) is 3.09. The summed E-state index contributed by atoms with van der Waals surface area (Å²) in [5.74, 6) is -0.0562. The number of nitrogens with zero attached hydrogens (tertiary/aromatic N) is 3. The lowest BCUT2D eigenvalue weighted by Gasteiger charge is -2.17. The van der Waals surface area contributed by atoms with Gasteiger partial charge in [-0.15, -0.1) is 5.10 Å². The summed E-state index contributed by atoms with van der Waals surface area (Å²) in [4.78, 5) is 10.4. The van der Waals surface area contributed by atoms with Crippen LogP contribution in [0.25, 0.3) is 0 Å². The lowest BCUT2D eigenvalue weighted by molar-refractivity contribution is -0.137. The third-order valence-corrected chi connectivity index (χ3v) is 3.09. The number of rotatable bonds is 4. The molecule has 0 fully saturated rings. The molecule has 16 heavy (non-hydrogen) atoms. The van der Waals surface area contributed by atoms with E-state index in [1.165, 1.54) is 12.1 Å². The van der Waals surface area contributed by atoms with Crippen molar-refractivity contribution < 1.29 is 9.90 Å². The predicted molar refractivity (Wildman–Crippen MR) is 58.1 cm³/mol. The maximum absolute atomic E-state index is 10.4. The lowest BCUT2D eigenvalue weighted by atomic mass is 9.91. The second-order valence-electron chi connectivity index (χ2n) is 4.55. The Hall–Kier alpha value is -1.39. The van der Waals surface area contributed by atoms with E-state index >= 15 is 0 Å². The Balaban J connectivity index is 1.98. The summed E-state index contributed by atoms with van der Waals surface area (Å²) in [6.07, 6.45) is 4.04. The van der Waals surface area contributed by atoms with Crippen LogP contribution in [0.2, 0.25) is 0 Å². The van der Waals surface area contributed by atoms with E-state index < -0.39 is 5.97 Å². The number of aliphatic carboxylic acids is 1. The van der Waals surface area contributed by atoms with Crippen molar-refractivity contribution in [2.24, 2.45) is 5.92 Å². The molecule has 1 atom stereocenters. The van der Waals surface area contributed by atoms with Crippen LogP contribution in [0.1, 0.15) is 37.6 Å². The monoisotopic (exact) mass is 223 g/mol. The van der Waals surface area contributed by atoms with Crippen molar-refractivity contribution >= 4 is 5.97 Å². The molecule has 5 heteroatoms. The van der Waals surface area contributed by atoms with Crippen LogP contribution in [0, 0.1) is 5.92 Å². The van der Waals surface area contributed by atoms with Gasteiger partial charge < -0.3 is 5.11 Å². The normalized spacial score (nSPS) is 19.4. The van der Waals surface area contributed by atoms with Gasteiger partial charge in [0.25, 0.3) is 0 Å². The van der Waals surface area contributed by atoms with E-state index in [9.17, 15) is 4.79 Å². The van der Waals surface area contributed by atoms with Gasteiger partial charge in [0, 0.05) is 13.0 Å². The Kier molecular flexibility index (Phi) is 3.22. The molecule has 1 aliphatic rings. The van der Waals surface area contributed by atoms with E-state index in [0.717, 1.165) is 18.5 Å².